The molecule has 3 saturated heterocycles. The lowest BCUT2D eigenvalue weighted by atomic mass is 9.90. The van der Waals surface area contributed by atoms with Crippen LogP contribution >= 0.6 is 0 Å². The van der Waals surface area contributed by atoms with Crippen molar-refractivity contribution in [2.45, 2.75) is 429 Å². The van der Waals surface area contributed by atoms with E-state index in [2.05, 4.69) is 109 Å². The van der Waals surface area contributed by atoms with Crippen molar-refractivity contribution in [3.63, 3.8) is 0 Å². The summed E-state index contributed by atoms with van der Waals surface area (Å²) in [4.78, 5) is 13.9. The Hall–Kier alpha value is -4.45. The van der Waals surface area contributed by atoms with Crippen molar-refractivity contribution in [1.29, 1.82) is 0 Å². The number of rotatable bonds is 82. The third-order valence-corrected chi connectivity index (χ3v) is 29.4. The fourth-order valence-corrected chi connectivity index (χ4v) is 20.0. The van der Waals surface area contributed by atoms with Crippen LogP contribution < -0.4 is 5.32 Å². The van der Waals surface area contributed by atoms with Crippen LogP contribution in [0.2, 0.25) is 0 Å². The van der Waals surface area contributed by atoms with E-state index in [9.17, 15) is 25.2 Å². The monoisotopic (exact) mass is 1980 g/mol. The van der Waals surface area contributed by atoms with Crippen molar-refractivity contribution in [3.05, 3.63) is 144 Å². The quantitative estimate of drug-likeness (QED) is 0.0257. The number of benzene rings is 4. The number of ether oxygens (including phenoxy) is 16. The third kappa shape index (κ3) is 52.0. The van der Waals surface area contributed by atoms with E-state index in [1.54, 1.807) is 0 Å². The largest absolute Gasteiger partial charge is 0.394 e. The molecular weight excluding hydrogens is 1780 g/mol. The summed E-state index contributed by atoms with van der Waals surface area (Å²) in [7, 11) is 0. The molecule has 141 heavy (non-hydrogen) atoms. The molecule has 0 spiro atoms. The summed E-state index contributed by atoms with van der Waals surface area (Å²) in [5.41, 5.74) is 2.98. The maximum atomic E-state index is 13.9. The van der Waals surface area contributed by atoms with E-state index in [1.165, 1.54) is 180 Å². The molecule has 5 N–H and O–H groups in total. The average molecular weight is 1980 g/mol. The van der Waals surface area contributed by atoms with Gasteiger partial charge in [-0.25, -0.2) is 0 Å². The van der Waals surface area contributed by atoms with Crippen LogP contribution in [0.4, 0.5) is 0 Å². The Morgan fingerprint density at radius 2 is 0.624 bits per heavy atom. The van der Waals surface area contributed by atoms with E-state index in [-0.39, 0.29) is 59.5 Å². The summed E-state index contributed by atoms with van der Waals surface area (Å²) in [6.07, 6.45) is 19.9. The van der Waals surface area contributed by atoms with Gasteiger partial charge in [0.15, 0.2) is 18.9 Å². The highest BCUT2D eigenvalue weighted by atomic mass is 16.8. The standard InChI is InChI=1S/C119H201NO21/c1-87(2)39-30-42-90(7)45-33-48-93(10)51-36-54-96(13)65-68-128-83-119(84-129-69-66-97(14)55-37-52-94(11)49-34-46-91(8)43-31-40-88(3)4,85-130-70-67-98(15)56-38-53-95(12)50-35-47-92(9)44-32-41-89(5)6)86-131-74-73-126-71-72-127-75-76-133-116-107(120-100(17)122)113(112(106(139-116)82-132-78-101-57-22-18-23-58-101)140-117-110(125)109(124)108(123)105(77-121)138-117)141-118-115(136-81-104-63-28-21-29-64-104)114(135-80-103-61-26-20-27-62-103)111(99(16)137-118)134-79-102-59-24-19-25-60-102/h18-29,57-64,87-99,105-118,121,123-125H,30-56,65-86H2,1-17H3,(H,120,122)/t90?,91?,92?,93?,94?,95?,96?,97?,98?,99-,105+,106+,107+,108-,109-,110+,111+,112+,113+,114+,115-,116+,117-,118-,119?/m0/s1. The van der Waals surface area contributed by atoms with E-state index < -0.39 is 110 Å². The number of aliphatic hydroxyl groups excluding tert-OH is 4. The lowest BCUT2D eigenvalue weighted by Gasteiger charge is -2.51. The van der Waals surface area contributed by atoms with Gasteiger partial charge in [-0.3, -0.25) is 4.79 Å². The Morgan fingerprint density at radius 1 is 0.312 bits per heavy atom. The van der Waals surface area contributed by atoms with Crippen LogP contribution in [-0.2, 0) is 107 Å². The zero-order valence-electron chi connectivity index (χ0n) is 91.0. The van der Waals surface area contributed by atoms with Gasteiger partial charge in [-0.2, -0.15) is 0 Å². The first kappa shape index (κ1) is 123. The number of hydrogen-bond donors (Lipinski definition) is 5. The molecule has 1 amide bonds. The van der Waals surface area contributed by atoms with Crippen molar-refractivity contribution in [1.82, 2.24) is 5.32 Å². The van der Waals surface area contributed by atoms with E-state index in [1.807, 2.05) is 128 Å². The first-order valence-corrected chi connectivity index (χ1v) is 55.9. The fraction of sp³-hybridized carbons (Fsp3) is 0.790. The lowest BCUT2D eigenvalue weighted by molar-refractivity contribution is -0.379. The van der Waals surface area contributed by atoms with Gasteiger partial charge in [0, 0.05) is 26.7 Å². The van der Waals surface area contributed by atoms with Crippen molar-refractivity contribution in [2.75, 3.05) is 99.1 Å². The molecule has 0 aliphatic carbocycles. The molecule has 808 valence electrons. The summed E-state index contributed by atoms with van der Waals surface area (Å²) in [6, 6.07) is 37.7. The van der Waals surface area contributed by atoms with Crippen LogP contribution in [0.1, 0.15) is 333 Å². The van der Waals surface area contributed by atoms with Gasteiger partial charge in [0.1, 0.15) is 67.1 Å². The minimum Gasteiger partial charge on any atom is -0.394 e. The summed E-state index contributed by atoms with van der Waals surface area (Å²) >= 11 is 0. The number of hydrogen-bond acceptors (Lipinski definition) is 21. The summed E-state index contributed by atoms with van der Waals surface area (Å²) in [5.74, 6) is 8.20. The first-order valence-electron chi connectivity index (χ1n) is 55.9. The van der Waals surface area contributed by atoms with Crippen LogP contribution in [0, 0.1) is 76.4 Å². The van der Waals surface area contributed by atoms with E-state index >= 15 is 0 Å². The zero-order valence-corrected chi connectivity index (χ0v) is 91.0. The second kappa shape index (κ2) is 72.8. The average Bonchev–Trinajstić information content (AvgIpc) is 0.760. The maximum Gasteiger partial charge on any atom is 0.217 e. The normalized spacial score (nSPS) is 24.3. The predicted octanol–water partition coefficient (Wildman–Crippen LogP) is 24.0. The molecule has 22 heteroatoms. The molecule has 7 rings (SSSR count). The Bertz CT molecular complexity index is 3520. The van der Waals surface area contributed by atoms with Gasteiger partial charge >= 0.3 is 0 Å². The molecule has 3 aliphatic rings. The van der Waals surface area contributed by atoms with Crippen LogP contribution in [0.3, 0.4) is 0 Å². The van der Waals surface area contributed by atoms with Gasteiger partial charge in [-0.05, 0) is 119 Å². The number of aliphatic hydroxyl groups is 4. The Balaban J connectivity index is 1.05. The smallest absolute Gasteiger partial charge is 0.217 e. The minimum absolute atomic E-state index is 0.0413. The molecule has 3 heterocycles. The molecule has 24 atom stereocenters. The zero-order chi connectivity index (χ0) is 102. The van der Waals surface area contributed by atoms with Crippen molar-refractivity contribution >= 4 is 5.91 Å². The van der Waals surface area contributed by atoms with Gasteiger partial charge < -0.3 is 102 Å². The minimum atomic E-state index is -1.86. The molecule has 9 unspecified atom stereocenters. The number of carbonyl (C=O) groups is 1. The van der Waals surface area contributed by atoms with Crippen molar-refractivity contribution in [2.24, 2.45) is 76.4 Å². The maximum absolute atomic E-state index is 13.9. The predicted molar refractivity (Wildman–Crippen MR) is 564 cm³/mol. The number of carbonyl (C=O) groups excluding carboxylic acids is 1. The second-order valence-electron chi connectivity index (χ2n) is 44.8. The van der Waals surface area contributed by atoms with Gasteiger partial charge in [0.2, 0.25) is 5.91 Å². The molecule has 22 nitrogen and oxygen atoms in total. The van der Waals surface area contributed by atoms with Crippen LogP contribution in [-0.4, -0.2) is 217 Å². The van der Waals surface area contributed by atoms with Crippen LogP contribution in [0.25, 0.3) is 0 Å². The SMILES string of the molecule is CC(=O)N[C@H]1[C@H](OCCOCCOCCOCC(COCCC(C)CCCC(C)CCCC(C)CCCC(C)C)(COCCC(C)CCCC(C)CCCC(C)CCCC(C)C)COCCC(C)CCCC(C)CCCC(C)CCCC(C)C)O[C@H](COCc2ccccc2)[C@@H](O[C@@H]2O[C@H](CO)[C@H](O)[C@H](O)[C@H]2O)[C@@H]1O[C@@H]1O[C@@H](C)[C@@H](OCc2ccccc2)[C@@H](OCc2ccccc2)[C@@H]1OCc1ccccc1. The third-order valence-electron chi connectivity index (χ3n) is 29.4. The molecule has 0 saturated carbocycles. The number of nitrogens with one attached hydrogen (secondary N) is 1. The molecule has 0 radical (unpaired) electrons. The van der Waals surface area contributed by atoms with Crippen molar-refractivity contribution in [3.8, 4) is 0 Å². The van der Waals surface area contributed by atoms with Gasteiger partial charge in [-0.15, -0.1) is 0 Å². The molecular formula is C119H201NO21. The molecule has 3 aliphatic heterocycles. The molecule has 0 aromatic heterocycles. The summed E-state index contributed by atoms with van der Waals surface area (Å²) in [5, 5.41) is 47.8. The Kier molecular flexibility index (Phi) is 63.8. The highest BCUT2D eigenvalue weighted by molar-refractivity contribution is 5.73. The second-order valence-corrected chi connectivity index (χ2v) is 44.8. The van der Waals surface area contributed by atoms with Crippen LogP contribution in [0.15, 0.2) is 121 Å². The molecule has 4 aromatic rings. The molecule has 4 aromatic carbocycles. The highest BCUT2D eigenvalue weighted by Crippen LogP contribution is 2.39. The van der Waals surface area contributed by atoms with E-state index in [4.69, 9.17) is 75.8 Å². The lowest BCUT2D eigenvalue weighted by Crippen LogP contribution is -2.70. The first-order chi connectivity index (χ1) is 68.1. The summed E-state index contributed by atoms with van der Waals surface area (Å²) in [6.45, 7) is 43.8. The molecule has 3 fully saturated rings. The van der Waals surface area contributed by atoms with Crippen molar-refractivity contribution < 1.29 is 101 Å². The van der Waals surface area contributed by atoms with Crippen LogP contribution in [0.5, 0.6) is 0 Å². The topological polar surface area (TPSA) is 258 Å². The van der Waals surface area contributed by atoms with Gasteiger partial charge in [0.25, 0.3) is 0 Å². The number of amides is 1. The Labute approximate surface area is 855 Å². The molecule has 0 bridgehead atoms. The highest BCUT2D eigenvalue weighted by Gasteiger charge is 2.56. The van der Waals surface area contributed by atoms with Gasteiger partial charge in [-0.1, -0.05) is 399 Å². The Morgan fingerprint density at radius 3 is 0.986 bits per heavy atom. The van der Waals surface area contributed by atoms with E-state index in [0.29, 0.717) is 77.2 Å². The summed E-state index contributed by atoms with van der Waals surface area (Å²) < 4.78 is 108. The fourth-order valence-electron chi connectivity index (χ4n) is 20.0. The van der Waals surface area contributed by atoms with Gasteiger partial charge in [0.05, 0.1) is 117 Å². The van der Waals surface area contributed by atoms with E-state index in [0.717, 1.165) is 94.8 Å².